The number of hydrogen-bond donors (Lipinski definition) is 1. The summed E-state index contributed by atoms with van der Waals surface area (Å²) in [7, 11) is 6.18. The minimum atomic E-state index is 0.456. The largest absolute Gasteiger partial charge is 0.374 e. The van der Waals surface area contributed by atoms with E-state index in [1.165, 1.54) is 19.4 Å². The lowest BCUT2D eigenvalue weighted by atomic mass is 10.1. The molecule has 0 bridgehead atoms. The molecular formula is C15H27N5O. The Labute approximate surface area is 127 Å². The van der Waals surface area contributed by atoms with Crippen LogP contribution < -0.4 is 10.2 Å². The predicted molar refractivity (Wildman–Crippen MR) is 85.8 cm³/mol. The average molecular weight is 293 g/mol. The van der Waals surface area contributed by atoms with Crippen LogP contribution in [0.1, 0.15) is 25.6 Å². The fourth-order valence-corrected chi connectivity index (χ4v) is 2.69. The smallest absolute Gasteiger partial charge is 0.158 e. The van der Waals surface area contributed by atoms with Gasteiger partial charge in [0.25, 0.3) is 0 Å². The van der Waals surface area contributed by atoms with E-state index in [9.17, 15) is 0 Å². The van der Waals surface area contributed by atoms with Crippen LogP contribution in [0.3, 0.4) is 0 Å². The van der Waals surface area contributed by atoms with Gasteiger partial charge in [-0.2, -0.15) is 0 Å². The van der Waals surface area contributed by atoms with Gasteiger partial charge in [-0.3, -0.25) is 0 Å². The van der Waals surface area contributed by atoms with E-state index in [0.717, 1.165) is 24.0 Å². The number of likely N-dealkylation sites (N-methyl/N-ethyl adjacent to an activating group) is 2. The SMILES string of the molecule is CCOCc1nc(NC)cc(N(C)C2CCCN(C)C2)n1. The summed E-state index contributed by atoms with van der Waals surface area (Å²) in [4.78, 5) is 13.8. The molecule has 1 aromatic heterocycles. The van der Waals surface area contributed by atoms with Gasteiger partial charge in [-0.05, 0) is 33.4 Å². The van der Waals surface area contributed by atoms with Gasteiger partial charge in [0.05, 0.1) is 0 Å². The Morgan fingerprint density at radius 3 is 2.95 bits per heavy atom. The summed E-state index contributed by atoms with van der Waals surface area (Å²) < 4.78 is 5.44. The highest BCUT2D eigenvalue weighted by Gasteiger charge is 2.22. The van der Waals surface area contributed by atoms with Crippen molar-refractivity contribution in [3.63, 3.8) is 0 Å². The molecule has 21 heavy (non-hydrogen) atoms. The Bertz CT molecular complexity index is 454. The molecule has 0 spiro atoms. The molecule has 1 saturated heterocycles. The lowest BCUT2D eigenvalue weighted by Gasteiger charge is -2.36. The fraction of sp³-hybridized carbons (Fsp3) is 0.733. The molecule has 1 aromatic rings. The molecule has 1 atom stereocenters. The zero-order valence-electron chi connectivity index (χ0n) is 13.6. The van der Waals surface area contributed by atoms with E-state index in [4.69, 9.17) is 4.74 Å². The van der Waals surface area contributed by atoms with E-state index >= 15 is 0 Å². The summed E-state index contributed by atoms with van der Waals surface area (Å²) >= 11 is 0. The van der Waals surface area contributed by atoms with E-state index in [1.807, 2.05) is 20.0 Å². The molecule has 0 saturated carbocycles. The highest BCUT2D eigenvalue weighted by atomic mass is 16.5. The van der Waals surface area contributed by atoms with Gasteiger partial charge in [0.1, 0.15) is 18.2 Å². The van der Waals surface area contributed by atoms with Crippen LogP contribution in [0.4, 0.5) is 11.6 Å². The molecule has 0 amide bonds. The third-order valence-electron chi connectivity index (χ3n) is 3.96. The third kappa shape index (κ3) is 4.28. The van der Waals surface area contributed by atoms with Crippen LogP contribution in [-0.2, 0) is 11.3 Å². The number of rotatable bonds is 6. The first kappa shape index (κ1) is 16.0. The minimum Gasteiger partial charge on any atom is -0.374 e. The Morgan fingerprint density at radius 2 is 2.29 bits per heavy atom. The van der Waals surface area contributed by atoms with E-state index in [-0.39, 0.29) is 0 Å². The van der Waals surface area contributed by atoms with Crippen LogP contribution in [-0.4, -0.2) is 61.7 Å². The molecule has 118 valence electrons. The molecule has 2 heterocycles. The fourth-order valence-electron chi connectivity index (χ4n) is 2.69. The number of aromatic nitrogens is 2. The highest BCUT2D eigenvalue weighted by Crippen LogP contribution is 2.21. The molecule has 6 nitrogen and oxygen atoms in total. The van der Waals surface area contributed by atoms with Gasteiger partial charge >= 0.3 is 0 Å². The first-order valence-corrected chi connectivity index (χ1v) is 7.68. The Balaban J connectivity index is 2.16. The first-order chi connectivity index (χ1) is 10.1. The summed E-state index contributed by atoms with van der Waals surface area (Å²) in [5.41, 5.74) is 0. The maximum absolute atomic E-state index is 5.44. The van der Waals surface area contributed by atoms with Crippen LogP contribution >= 0.6 is 0 Å². The summed E-state index contributed by atoms with van der Waals surface area (Å²) in [5.74, 6) is 2.53. The van der Waals surface area contributed by atoms with E-state index < -0.39 is 0 Å². The van der Waals surface area contributed by atoms with Crippen molar-refractivity contribution in [2.75, 3.05) is 51.1 Å². The van der Waals surface area contributed by atoms with Crippen molar-refractivity contribution in [1.29, 1.82) is 0 Å². The van der Waals surface area contributed by atoms with Gasteiger partial charge in [-0.15, -0.1) is 0 Å². The van der Waals surface area contributed by atoms with Crippen molar-refractivity contribution in [2.24, 2.45) is 0 Å². The molecule has 0 radical (unpaired) electrons. The van der Waals surface area contributed by atoms with Crippen molar-refractivity contribution in [1.82, 2.24) is 14.9 Å². The Kier molecular flexibility index (Phi) is 5.76. The van der Waals surface area contributed by atoms with Gasteiger partial charge < -0.3 is 19.9 Å². The van der Waals surface area contributed by atoms with Gasteiger partial charge in [-0.1, -0.05) is 0 Å². The summed E-state index contributed by atoms with van der Waals surface area (Å²) in [6, 6.07) is 2.51. The van der Waals surface area contributed by atoms with E-state index in [1.54, 1.807) is 0 Å². The second-order valence-corrected chi connectivity index (χ2v) is 5.58. The van der Waals surface area contributed by atoms with E-state index in [0.29, 0.717) is 19.3 Å². The lowest BCUT2D eigenvalue weighted by Crippen LogP contribution is -2.45. The van der Waals surface area contributed by atoms with Gasteiger partial charge in [0.15, 0.2) is 5.82 Å². The Hall–Kier alpha value is -1.40. The number of anilines is 2. The van der Waals surface area contributed by atoms with Crippen molar-refractivity contribution in [3.8, 4) is 0 Å². The quantitative estimate of drug-likeness (QED) is 0.859. The molecule has 0 aliphatic carbocycles. The number of likely N-dealkylation sites (tertiary alicyclic amines) is 1. The summed E-state index contributed by atoms with van der Waals surface area (Å²) in [6.45, 7) is 5.37. The molecule has 1 fully saturated rings. The number of ether oxygens (including phenoxy) is 1. The molecule has 2 rings (SSSR count). The molecule has 1 aliphatic heterocycles. The molecular weight excluding hydrogens is 266 g/mol. The zero-order valence-corrected chi connectivity index (χ0v) is 13.6. The lowest BCUT2D eigenvalue weighted by molar-refractivity contribution is 0.128. The van der Waals surface area contributed by atoms with Crippen molar-refractivity contribution in [3.05, 3.63) is 11.9 Å². The summed E-state index contributed by atoms with van der Waals surface area (Å²) in [5, 5.41) is 3.11. The maximum atomic E-state index is 5.44. The molecule has 0 aromatic carbocycles. The number of nitrogens with one attached hydrogen (secondary N) is 1. The van der Waals surface area contributed by atoms with Crippen LogP contribution in [0.25, 0.3) is 0 Å². The molecule has 1 unspecified atom stereocenters. The monoisotopic (exact) mass is 293 g/mol. The molecule has 1 N–H and O–H groups in total. The van der Waals surface area contributed by atoms with Crippen LogP contribution in [0.2, 0.25) is 0 Å². The summed E-state index contributed by atoms with van der Waals surface area (Å²) in [6.07, 6.45) is 2.45. The highest BCUT2D eigenvalue weighted by molar-refractivity contribution is 5.49. The number of piperidine rings is 1. The van der Waals surface area contributed by atoms with Gasteiger partial charge in [0, 0.05) is 39.4 Å². The van der Waals surface area contributed by atoms with Crippen LogP contribution in [0.15, 0.2) is 6.07 Å². The van der Waals surface area contributed by atoms with Crippen LogP contribution in [0.5, 0.6) is 0 Å². The van der Waals surface area contributed by atoms with Crippen molar-refractivity contribution >= 4 is 11.6 Å². The first-order valence-electron chi connectivity index (χ1n) is 7.68. The number of hydrogen-bond acceptors (Lipinski definition) is 6. The van der Waals surface area contributed by atoms with Crippen molar-refractivity contribution in [2.45, 2.75) is 32.4 Å². The third-order valence-corrected chi connectivity index (χ3v) is 3.96. The zero-order chi connectivity index (χ0) is 15.2. The maximum Gasteiger partial charge on any atom is 0.158 e. The average Bonchev–Trinajstić information content (AvgIpc) is 2.51. The molecule has 1 aliphatic rings. The van der Waals surface area contributed by atoms with Crippen LogP contribution in [0, 0.1) is 0 Å². The topological polar surface area (TPSA) is 53.5 Å². The van der Waals surface area contributed by atoms with Gasteiger partial charge in [-0.25, -0.2) is 9.97 Å². The second kappa shape index (κ2) is 7.56. The van der Waals surface area contributed by atoms with Gasteiger partial charge in [0.2, 0.25) is 0 Å². The molecule has 6 heteroatoms. The minimum absolute atomic E-state index is 0.456. The van der Waals surface area contributed by atoms with E-state index in [2.05, 4.69) is 39.2 Å². The number of nitrogens with zero attached hydrogens (tertiary/aromatic N) is 4. The van der Waals surface area contributed by atoms with Crippen molar-refractivity contribution < 1.29 is 4.74 Å². The normalized spacial score (nSPS) is 19.5. The standard InChI is InChI=1S/C15H27N5O/c1-5-21-11-14-17-13(16-2)9-15(18-14)20(4)12-7-6-8-19(3)10-12/h9,12H,5-8,10-11H2,1-4H3,(H,16,17,18). The second-order valence-electron chi connectivity index (χ2n) is 5.58. The predicted octanol–water partition coefficient (Wildman–Crippen LogP) is 1.59. The Morgan fingerprint density at radius 1 is 1.48 bits per heavy atom.